The normalized spacial score (nSPS) is 5.71. The van der Waals surface area contributed by atoms with Crippen LogP contribution in [-0.2, 0) is 83.1 Å². The van der Waals surface area contributed by atoms with Gasteiger partial charge in [0.25, 0.3) is 0 Å². The van der Waals surface area contributed by atoms with E-state index in [0.29, 0.717) is 0 Å². The summed E-state index contributed by atoms with van der Waals surface area (Å²) in [5.41, 5.74) is 0. The number of carboxylic acids is 8. The van der Waals surface area contributed by atoms with Crippen LogP contribution in [0.4, 0.5) is 0 Å². The van der Waals surface area contributed by atoms with Crippen LogP contribution in [0, 0.1) is 0 Å². The molecule has 16 nitrogen and oxygen atoms in total. The molecule has 0 atom stereocenters. The van der Waals surface area contributed by atoms with E-state index in [1.54, 1.807) is 0 Å². The van der Waals surface area contributed by atoms with Crippen molar-refractivity contribution in [3.05, 3.63) is 0 Å². The third-order valence-electron chi connectivity index (χ3n) is 0. The number of rotatable bonds is 0. The van der Waals surface area contributed by atoms with Gasteiger partial charge in [0.15, 0.2) is 0 Å². The molecule has 0 aliphatic rings. The topological polar surface area (TPSA) is 321 Å². The molecule has 0 aromatic rings. The van der Waals surface area contributed by atoms with Crippen molar-refractivity contribution in [1.29, 1.82) is 0 Å². The zero-order valence-electron chi connectivity index (χ0n) is 19.8. The third-order valence-corrected chi connectivity index (χ3v) is 0. The van der Waals surface area contributed by atoms with E-state index in [4.69, 9.17) is 79.2 Å². The van der Waals surface area contributed by atoms with Crippen molar-refractivity contribution >= 4 is 96.6 Å². The second-order valence-electron chi connectivity index (χ2n) is 3.93. The Morgan fingerprint density at radius 1 is 0.286 bits per heavy atom. The summed E-state index contributed by atoms with van der Waals surface area (Å²) < 4.78 is 0. The Morgan fingerprint density at radius 2 is 0.286 bits per heavy atom. The summed E-state index contributed by atoms with van der Waals surface area (Å²) in [7, 11) is 0. The van der Waals surface area contributed by atoms with E-state index in [0.717, 1.165) is 55.4 Å². The van der Waals surface area contributed by atoms with Crippen LogP contribution in [0.3, 0.4) is 0 Å². The molecule has 208 valence electrons. The van der Waals surface area contributed by atoms with Gasteiger partial charge in [-0.05, 0) is 55.4 Å². The minimum absolute atomic E-state index is 0. The molecule has 0 aromatic heterocycles. The van der Waals surface area contributed by atoms with Crippen molar-refractivity contribution in [2.45, 2.75) is 55.4 Å². The quantitative estimate of drug-likeness (QED) is 0.204. The zero-order chi connectivity index (χ0) is 28.6. The molecule has 0 heterocycles. The Kier molecular flexibility index (Phi) is 128. The van der Waals surface area contributed by atoms with Gasteiger partial charge in [-0.1, -0.05) is 0 Å². The maximum Gasteiger partial charge on any atom is 3.00 e. The van der Waals surface area contributed by atoms with E-state index in [2.05, 4.69) is 0 Å². The van der Waals surface area contributed by atoms with Crippen molar-refractivity contribution in [3.8, 4) is 0 Å². The molecule has 0 aliphatic heterocycles. The first-order valence-corrected chi connectivity index (χ1v) is 7.27. The second-order valence-corrected chi connectivity index (χ2v) is 3.93. The molecule has 0 aromatic carbocycles. The fourth-order valence-corrected chi connectivity index (χ4v) is 0. The number of carbonyl (C=O) groups is 8. The predicted molar refractivity (Wildman–Crippen MR) is 91.2 cm³/mol. The molecule has 0 unspecified atom stereocenters. The summed E-state index contributed by atoms with van der Waals surface area (Å²) in [4.78, 5) is 71.1. The van der Waals surface area contributed by atoms with Crippen LogP contribution in [0.1, 0.15) is 55.4 Å². The Labute approximate surface area is 273 Å². The van der Waals surface area contributed by atoms with Crippen molar-refractivity contribution in [3.63, 3.8) is 0 Å². The van der Waals surface area contributed by atoms with E-state index in [-0.39, 0.29) is 93.6 Å². The summed E-state index contributed by atoms with van der Waals surface area (Å²) in [6, 6.07) is 0. The maximum absolute atomic E-state index is 8.89. The number of carboxylic acid groups (broad SMARTS) is 8. The molecular formula is C16H24Au2BaO16. The van der Waals surface area contributed by atoms with Gasteiger partial charge >= 0.3 is 93.6 Å². The van der Waals surface area contributed by atoms with Crippen molar-refractivity contribution in [2.24, 2.45) is 0 Å². The van der Waals surface area contributed by atoms with Crippen molar-refractivity contribution < 1.29 is 124 Å². The standard InChI is InChI=1S/8C2H4O2.2Au.Ba/c8*1-2(3)4;;;/h8*1H3,(H,3,4);;;/q;;;;;;;;2*+3;+2/p-8. The molecular weight excluding hydrogens is 979 g/mol. The summed E-state index contributed by atoms with van der Waals surface area (Å²) in [5, 5.41) is 71.1. The molecule has 0 saturated carbocycles. The average Bonchev–Trinajstić information content (AvgIpc) is 2.30. The average molecular weight is 1000 g/mol. The van der Waals surface area contributed by atoms with Crippen molar-refractivity contribution in [2.75, 3.05) is 0 Å². The third kappa shape index (κ3) is 22100. The van der Waals surface area contributed by atoms with E-state index in [9.17, 15) is 0 Å². The molecule has 0 N–H and O–H groups in total. The molecule has 35 heavy (non-hydrogen) atoms. The van der Waals surface area contributed by atoms with E-state index in [1.165, 1.54) is 0 Å². The van der Waals surface area contributed by atoms with Gasteiger partial charge in [0, 0.05) is 47.8 Å². The van der Waals surface area contributed by atoms with Crippen molar-refractivity contribution in [1.82, 2.24) is 0 Å². The van der Waals surface area contributed by atoms with Crippen LogP contribution in [0.15, 0.2) is 0 Å². The van der Waals surface area contributed by atoms with Gasteiger partial charge in [0.05, 0.1) is 0 Å². The van der Waals surface area contributed by atoms with Crippen LogP contribution in [0.2, 0.25) is 0 Å². The molecule has 19 heteroatoms. The van der Waals surface area contributed by atoms with Gasteiger partial charge < -0.3 is 79.2 Å². The first kappa shape index (κ1) is 70.0. The van der Waals surface area contributed by atoms with Crippen LogP contribution in [0.25, 0.3) is 0 Å². The molecule has 0 spiro atoms. The first-order chi connectivity index (χ1) is 13.9. The Hall–Kier alpha value is -1.19. The monoisotopic (exact) mass is 1000 g/mol. The van der Waals surface area contributed by atoms with E-state index >= 15 is 0 Å². The second kappa shape index (κ2) is 63.8. The fourth-order valence-electron chi connectivity index (χ4n) is 0. The van der Waals surface area contributed by atoms with Gasteiger partial charge in [-0.15, -0.1) is 0 Å². The SMILES string of the molecule is CC(=O)[O-].CC(=O)[O-].CC(=O)[O-].CC(=O)[O-].CC(=O)[O-].CC(=O)[O-].CC(=O)[O-].CC(=O)[O-].[Au+3].[Au+3].[Ba+2]. The Bertz CT molecular complexity index is 378. The number of hydrogen-bond acceptors (Lipinski definition) is 16. The molecule has 0 bridgehead atoms. The van der Waals surface area contributed by atoms with Gasteiger partial charge in [0.1, 0.15) is 0 Å². The molecule has 0 aliphatic carbocycles. The molecule has 0 amide bonds. The molecule has 0 saturated heterocycles. The number of aliphatic carboxylic acids is 8. The smallest absolute Gasteiger partial charge is 0.550 e. The number of hydrogen-bond donors (Lipinski definition) is 0. The number of carbonyl (C=O) groups excluding carboxylic acids is 8. The van der Waals surface area contributed by atoms with Crippen LogP contribution in [0.5, 0.6) is 0 Å². The Morgan fingerprint density at radius 3 is 0.286 bits per heavy atom. The van der Waals surface area contributed by atoms with E-state index in [1.807, 2.05) is 0 Å². The Balaban J connectivity index is -0.0000000206. The summed E-state index contributed by atoms with van der Waals surface area (Å²) in [6.45, 7) is 7.78. The molecule has 0 rings (SSSR count). The largest absolute Gasteiger partial charge is 3.00 e. The molecule has 0 fully saturated rings. The van der Waals surface area contributed by atoms with Gasteiger partial charge in [0.2, 0.25) is 0 Å². The summed E-state index contributed by atoms with van der Waals surface area (Å²) in [5.74, 6) is -8.67. The van der Waals surface area contributed by atoms with Gasteiger partial charge in [-0.3, -0.25) is 0 Å². The predicted octanol–water partition coefficient (Wildman–Crippen LogP) is -10.3. The minimum atomic E-state index is -1.08. The van der Waals surface area contributed by atoms with Crippen LogP contribution < -0.4 is 40.9 Å². The zero-order valence-corrected chi connectivity index (χ0v) is 28.6. The van der Waals surface area contributed by atoms with Gasteiger partial charge in [-0.25, -0.2) is 0 Å². The van der Waals surface area contributed by atoms with Crippen LogP contribution >= 0.6 is 0 Å². The fraction of sp³-hybridized carbons (Fsp3) is 0.500. The van der Waals surface area contributed by atoms with Crippen LogP contribution in [-0.4, -0.2) is 96.6 Å². The summed E-state index contributed by atoms with van der Waals surface area (Å²) in [6.07, 6.45) is 0. The maximum atomic E-state index is 8.89. The van der Waals surface area contributed by atoms with Gasteiger partial charge in [-0.2, -0.15) is 0 Å². The van der Waals surface area contributed by atoms with E-state index < -0.39 is 47.8 Å². The molecule has 0 radical (unpaired) electrons. The summed E-state index contributed by atoms with van der Waals surface area (Å²) >= 11 is 0. The minimum Gasteiger partial charge on any atom is -0.550 e. The first-order valence-electron chi connectivity index (χ1n) is 7.27.